The Kier molecular flexibility index (Phi) is 2.57. The first kappa shape index (κ1) is 9.86. The number of hydrogen-bond acceptors (Lipinski definition) is 2. The Morgan fingerprint density at radius 2 is 1.80 bits per heavy atom. The van der Waals surface area contributed by atoms with Gasteiger partial charge in [-0.05, 0) is 43.9 Å². The van der Waals surface area contributed by atoms with E-state index in [1.807, 2.05) is 0 Å². The van der Waals surface area contributed by atoms with Gasteiger partial charge in [-0.2, -0.15) is 0 Å². The van der Waals surface area contributed by atoms with Crippen LogP contribution >= 0.6 is 0 Å². The number of hydrogen-bond donors (Lipinski definition) is 2. The Hall–Kier alpha value is -0.340. The summed E-state index contributed by atoms with van der Waals surface area (Å²) in [6.07, 6.45) is 11.3. The van der Waals surface area contributed by atoms with E-state index in [0.29, 0.717) is 18.6 Å². The Bertz CT molecular complexity index is 243. The number of nitrogens with one attached hydrogen (secondary N) is 1. The van der Waals surface area contributed by atoms with Crippen molar-refractivity contribution < 1.29 is 5.11 Å². The van der Waals surface area contributed by atoms with Gasteiger partial charge in [0.25, 0.3) is 0 Å². The lowest BCUT2D eigenvalue weighted by atomic mass is 10.0. The molecule has 0 radical (unpaired) electrons. The standard InChI is InChI=1S/C13H21NO/c15-8-9-1-6-12(7-9)14-13(10-2-3-10)11-4-5-11/h1,6,9-15H,2-5,7-8H2/t9-,12+/m0/s1. The molecule has 2 fully saturated rings. The van der Waals surface area contributed by atoms with Crippen LogP contribution in [0.4, 0.5) is 0 Å². The zero-order valence-corrected chi connectivity index (χ0v) is 9.23. The minimum Gasteiger partial charge on any atom is -0.396 e. The first-order valence-corrected chi connectivity index (χ1v) is 6.42. The number of aliphatic hydroxyl groups excluding tert-OH is 1. The van der Waals surface area contributed by atoms with Gasteiger partial charge in [-0.15, -0.1) is 0 Å². The average Bonchev–Trinajstić information content (AvgIpc) is 3.14. The van der Waals surface area contributed by atoms with Crippen molar-refractivity contribution in [2.75, 3.05) is 6.61 Å². The third-order valence-electron chi connectivity index (χ3n) is 4.07. The fraction of sp³-hybridized carbons (Fsp3) is 0.846. The van der Waals surface area contributed by atoms with Gasteiger partial charge >= 0.3 is 0 Å². The van der Waals surface area contributed by atoms with E-state index in [9.17, 15) is 0 Å². The SMILES string of the molecule is OC[C@H]1C=C[C@@H](NC(C2CC2)C2CC2)C1. The molecule has 0 aromatic rings. The quantitative estimate of drug-likeness (QED) is 0.673. The van der Waals surface area contributed by atoms with Crippen LogP contribution in [0.5, 0.6) is 0 Å². The molecule has 0 bridgehead atoms. The maximum Gasteiger partial charge on any atom is 0.0494 e. The summed E-state index contributed by atoms with van der Waals surface area (Å²) in [6.45, 7) is 0.312. The minimum atomic E-state index is 0.312. The van der Waals surface area contributed by atoms with Crippen LogP contribution in [0.15, 0.2) is 12.2 Å². The van der Waals surface area contributed by atoms with Crippen molar-refractivity contribution in [2.45, 2.75) is 44.2 Å². The summed E-state index contributed by atoms with van der Waals surface area (Å²) in [5, 5.41) is 12.9. The van der Waals surface area contributed by atoms with E-state index in [-0.39, 0.29) is 0 Å². The van der Waals surface area contributed by atoms with Gasteiger partial charge < -0.3 is 10.4 Å². The van der Waals surface area contributed by atoms with Crippen molar-refractivity contribution in [2.24, 2.45) is 17.8 Å². The van der Waals surface area contributed by atoms with Crippen molar-refractivity contribution >= 4 is 0 Å². The molecule has 0 saturated heterocycles. The zero-order valence-electron chi connectivity index (χ0n) is 9.23. The van der Waals surface area contributed by atoms with Crippen LogP contribution in [0.3, 0.4) is 0 Å². The molecule has 2 heteroatoms. The Morgan fingerprint density at radius 3 is 2.27 bits per heavy atom. The first-order valence-electron chi connectivity index (χ1n) is 6.42. The average molecular weight is 207 g/mol. The summed E-state index contributed by atoms with van der Waals surface area (Å²) in [5.41, 5.74) is 0. The third-order valence-corrected chi connectivity index (χ3v) is 4.07. The summed E-state index contributed by atoms with van der Waals surface area (Å²) in [4.78, 5) is 0. The van der Waals surface area contributed by atoms with Crippen LogP contribution in [-0.4, -0.2) is 23.8 Å². The summed E-state index contributed by atoms with van der Waals surface area (Å²) in [6, 6.07) is 1.32. The highest BCUT2D eigenvalue weighted by atomic mass is 16.3. The molecule has 0 heterocycles. The molecule has 84 valence electrons. The van der Waals surface area contributed by atoms with Gasteiger partial charge in [0.05, 0.1) is 0 Å². The van der Waals surface area contributed by atoms with E-state index in [0.717, 1.165) is 24.3 Å². The van der Waals surface area contributed by atoms with Crippen molar-refractivity contribution in [3.8, 4) is 0 Å². The second-order valence-corrected chi connectivity index (χ2v) is 5.54. The normalized spacial score (nSPS) is 35.3. The molecular formula is C13H21NO. The molecule has 0 aromatic carbocycles. The third kappa shape index (κ3) is 2.26. The van der Waals surface area contributed by atoms with Gasteiger partial charge in [0.1, 0.15) is 0 Å². The molecule has 15 heavy (non-hydrogen) atoms. The molecule has 0 aromatic heterocycles. The summed E-state index contributed by atoms with van der Waals surface area (Å²) >= 11 is 0. The van der Waals surface area contributed by atoms with E-state index in [1.165, 1.54) is 25.7 Å². The maximum absolute atomic E-state index is 9.08. The molecule has 2 atom stereocenters. The molecule has 2 N–H and O–H groups in total. The molecule has 2 saturated carbocycles. The van der Waals surface area contributed by atoms with E-state index in [4.69, 9.17) is 5.11 Å². The van der Waals surface area contributed by atoms with Gasteiger partial charge in [-0.25, -0.2) is 0 Å². The summed E-state index contributed by atoms with van der Waals surface area (Å²) in [7, 11) is 0. The van der Waals surface area contributed by atoms with Crippen molar-refractivity contribution in [1.82, 2.24) is 5.32 Å². The molecular weight excluding hydrogens is 186 g/mol. The molecule has 3 rings (SSSR count). The fourth-order valence-electron chi connectivity index (χ4n) is 2.85. The predicted molar refractivity (Wildman–Crippen MR) is 60.5 cm³/mol. The second-order valence-electron chi connectivity index (χ2n) is 5.54. The van der Waals surface area contributed by atoms with Gasteiger partial charge in [-0.1, -0.05) is 12.2 Å². The largest absolute Gasteiger partial charge is 0.396 e. The predicted octanol–water partition coefficient (Wildman–Crippen LogP) is 1.70. The molecule has 0 unspecified atom stereocenters. The van der Waals surface area contributed by atoms with Crippen molar-refractivity contribution in [3.05, 3.63) is 12.2 Å². The van der Waals surface area contributed by atoms with Gasteiger partial charge in [0.2, 0.25) is 0 Å². The van der Waals surface area contributed by atoms with E-state index in [1.54, 1.807) is 0 Å². The van der Waals surface area contributed by atoms with Crippen LogP contribution in [0.1, 0.15) is 32.1 Å². The highest BCUT2D eigenvalue weighted by molar-refractivity contribution is 5.08. The van der Waals surface area contributed by atoms with Crippen LogP contribution in [0.2, 0.25) is 0 Å². The summed E-state index contributed by atoms with van der Waals surface area (Å²) < 4.78 is 0. The van der Waals surface area contributed by atoms with E-state index >= 15 is 0 Å². The summed E-state index contributed by atoms with van der Waals surface area (Å²) in [5.74, 6) is 2.35. The lowest BCUT2D eigenvalue weighted by Gasteiger charge is -2.22. The monoisotopic (exact) mass is 207 g/mol. The highest BCUT2D eigenvalue weighted by Gasteiger charge is 2.42. The first-order chi connectivity index (χ1) is 7.36. The van der Waals surface area contributed by atoms with Crippen LogP contribution in [0.25, 0.3) is 0 Å². The molecule has 3 aliphatic carbocycles. The van der Waals surface area contributed by atoms with Crippen molar-refractivity contribution in [1.29, 1.82) is 0 Å². The van der Waals surface area contributed by atoms with Crippen molar-refractivity contribution in [3.63, 3.8) is 0 Å². The Balaban J connectivity index is 1.53. The van der Waals surface area contributed by atoms with Gasteiger partial charge in [-0.3, -0.25) is 0 Å². The lowest BCUT2D eigenvalue weighted by Crippen LogP contribution is -2.39. The minimum absolute atomic E-state index is 0.312. The molecule has 0 spiro atoms. The van der Waals surface area contributed by atoms with E-state index < -0.39 is 0 Å². The van der Waals surface area contributed by atoms with Crippen LogP contribution in [0, 0.1) is 17.8 Å². The topological polar surface area (TPSA) is 32.3 Å². The molecule has 0 amide bonds. The lowest BCUT2D eigenvalue weighted by molar-refractivity contribution is 0.242. The molecule has 0 aliphatic heterocycles. The molecule has 2 nitrogen and oxygen atoms in total. The highest BCUT2D eigenvalue weighted by Crippen LogP contribution is 2.45. The maximum atomic E-state index is 9.08. The van der Waals surface area contributed by atoms with Gasteiger partial charge in [0, 0.05) is 24.6 Å². The fourth-order valence-corrected chi connectivity index (χ4v) is 2.85. The molecule has 3 aliphatic rings. The van der Waals surface area contributed by atoms with Gasteiger partial charge in [0.15, 0.2) is 0 Å². The number of aliphatic hydroxyl groups is 1. The van der Waals surface area contributed by atoms with E-state index in [2.05, 4.69) is 17.5 Å². The van der Waals surface area contributed by atoms with Crippen LogP contribution < -0.4 is 5.32 Å². The zero-order chi connectivity index (χ0) is 10.3. The van der Waals surface area contributed by atoms with Crippen LogP contribution in [-0.2, 0) is 0 Å². The Morgan fingerprint density at radius 1 is 1.13 bits per heavy atom. The smallest absolute Gasteiger partial charge is 0.0494 e. The Labute approximate surface area is 91.8 Å². The second kappa shape index (κ2) is 3.91. The number of rotatable bonds is 5.